The Morgan fingerprint density at radius 2 is 1.70 bits per heavy atom. The van der Waals surface area contributed by atoms with Crippen molar-refractivity contribution in [2.45, 2.75) is 13.3 Å². The monoisotopic (exact) mass is 392 g/mol. The minimum atomic E-state index is 0.638. The van der Waals surface area contributed by atoms with Gasteiger partial charge >= 0.3 is 0 Å². The average Bonchev–Trinajstić information content (AvgIpc) is 3.32. The van der Waals surface area contributed by atoms with Crippen LogP contribution < -0.4 is 5.73 Å². The highest BCUT2D eigenvalue weighted by Gasteiger charge is 2.15. The molecule has 30 heavy (non-hydrogen) atoms. The van der Waals surface area contributed by atoms with Crippen LogP contribution in [0.3, 0.4) is 0 Å². The number of nitrogens with zero attached hydrogens (tertiary/aromatic N) is 4. The van der Waals surface area contributed by atoms with Gasteiger partial charge in [0.2, 0.25) is 0 Å². The summed E-state index contributed by atoms with van der Waals surface area (Å²) in [6, 6.07) is 24.7. The summed E-state index contributed by atoms with van der Waals surface area (Å²) in [6.45, 7) is 1.95. The van der Waals surface area contributed by atoms with E-state index in [2.05, 4.69) is 62.0 Å². The number of hydrogen-bond donors (Lipinski definition) is 2. The molecule has 3 N–H and O–H groups in total. The van der Waals surface area contributed by atoms with Crippen molar-refractivity contribution in [1.82, 2.24) is 25.6 Å². The van der Waals surface area contributed by atoms with Gasteiger partial charge in [-0.05, 0) is 51.7 Å². The number of para-hydroxylation sites is 1. The minimum Gasteiger partial charge on any atom is -0.397 e. The summed E-state index contributed by atoms with van der Waals surface area (Å²) in [6.07, 6.45) is 0.694. The number of benzene rings is 3. The van der Waals surface area contributed by atoms with E-state index in [9.17, 15) is 0 Å². The molecule has 146 valence electrons. The van der Waals surface area contributed by atoms with Gasteiger partial charge in [-0.3, -0.25) is 4.98 Å². The predicted octanol–water partition coefficient (Wildman–Crippen LogP) is 4.56. The summed E-state index contributed by atoms with van der Waals surface area (Å²) in [5.41, 5.74) is 14.4. The second kappa shape index (κ2) is 7.40. The molecule has 6 nitrogen and oxygen atoms in total. The van der Waals surface area contributed by atoms with E-state index in [1.54, 1.807) is 0 Å². The Bertz CT molecular complexity index is 1330. The number of nitrogens with two attached hydrogens (primary N) is 1. The van der Waals surface area contributed by atoms with Gasteiger partial charge in [-0.1, -0.05) is 60.7 Å². The number of anilines is 1. The molecule has 0 aliphatic carbocycles. The molecule has 0 fully saturated rings. The lowest BCUT2D eigenvalue weighted by Gasteiger charge is -2.14. The zero-order chi connectivity index (χ0) is 20.5. The third-order valence-electron chi connectivity index (χ3n) is 5.38. The molecule has 5 aromatic rings. The van der Waals surface area contributed by atoms with Crippen molar-refractivity contribution in [3.63, 3.8) is 0 Å². The first-order valence-electron chi connectivity index (χ1n) is 9.77. The molecule has 0 bridgehead atoms. The Hall–Kier alpha value is -4.06. The standard InChI is InChI=1S/C24H20N6/c1-15-23(25)20(19-9-5-6-10-22(19)26-15)13-16-11-12-18(17-7-3-2-4-8-17)21(14-16)24-27-29-30-28-24/h2-12,14H,13,25H2,1H3,(H,27,28,29,30). The zero-order valence-corrected chi connectivity index (χ0v) is 16.5. The van der Waals surface area contributed by atoms with Gasteiger partial charge in [0, 0.05) is 17.4 Å². The molecule has 0 saturated heterocycles. The second-order valence-electron chi connectivity index (χ2n) is 7.28. The molecular weight excluding hydrogens is 372 g/mol. The Morgan fingerprint density at radius 3 is 2.50 bits per heavy atom. The van der Waals surface area contributed by atoms with Crippen LogP contribution in [0.4, 0.5) is 5.69 Å². The van der Waals surface area contributed by atoms with Gasteiger partial charge in [-0.2, -0.15) is 0 Å². The van der Waals surface area contributed by atoms with E-state index in [-0.39, 0.29) is 0 Å². The predicted molar refractivity (Wildman–Crippen MR) is 119 cm³/mol. The molecule has 2 heterocycles. The summed E-state index contributed by atoms with van der Waals surface area (Å²) in [5.74, 6) is 0.638. The summed E-state index contributed by atoms with van der Waals surface area (Å²) < 4.78 is 0. The summed E-state index contributed by atoms with van der Waals surface area (Å²) in [7, 11) is 0. The first kappa shape index (κ1) is 18.0. The quantitative estimate of drug-likeness (QED) is 0.467. The third-order valence-corrected chi connectivity index (χ3v) is 5.38. The molecule has 3 aromatic carbocycles. The Balaban J connectivity index is 1.65. The molecule has 0 unspecified atom stereocenters. The Labute approximate surface area is 173 Å². The van der Waals surface area contributed by atoms with Gasteiger partial charge in [0.15, 0.2) is 5.82 Å². The van der Waals surface area contributed by atoms with Gasteiger partial charge in [-0.25, -0.2) is 5.10 Å². The maximum absolute atomic E-state index is 6.45. The summed E-state index contributed by atoms with van der Waals surface area (Å²) in [5, 5.41) is 15.7. The van der Waals surface area contributed by atoms with Crippen LogP contribution in [0.15, 0.2) is 72.8 Å². The highest BCUT2D eigenvalue weighted by atomic mass is 15.5. The number of aromatic amines is 1. The average molecular weight is 392 g/mol. The van der Waals surface area contributed by atoms with Crippen LogP contribution in [0.5, 0.6) is 0 Å². The molecule has 0 saturated carbocycles. The van der Waals surface area contributed by atoms with E-state index < -0.39 is 0 Å². The molecule has 0 radical (unpaired) electrons. The maximum atomic E-state index is 6.45. The number of H-pyrrole nitrogens is 1. The lowest BCUT2D eigenvalue weighted by atomic mass is 9.93. The number of rotatable bonds is 4. The fourth-order valence-electron chi connectivity index (χ4n) is 3.87. The van der Waals surface area contributed by atoms with Gasteiger partial charge in [0.05, 0.1) is 16.9 Å². The first-order valence-corrected chi connectivity index (χ1v) is 9.77. The topological polar surface area (TPSA) is 93.4 Å². The van der Waals surface area contributed by atoms with Crippen LogP contribution in [-0.2, 0) is 6.42 Å². The number of nitrogen functional groups attached to an aromatic ring is 1. The first-order chi connectivity index (χ1) is 14.7. The van der Waals surface area contributed by atoms with Crippen molar-refractivity contribution >= 4 is 16.6 Å². The van der Waals surface area contributed by atoms with Gasteiger partial charge in [-0.15, -0.1) is 5.10 Å². The van der Waals surface area contributed by atoms with Crippen LogP contribution in [0, 0.1) is 6.92 Å². The largest absolute Gasteiger partial charge is 0.397 e. The van der Waals surface area contributed by atoms with Gasteiger partial charge in [0.1, 0.15) is 0 Å². The van der Waals surface area contributed by atoms with E-state index in [0.717, 1.165) is 50.1 Å². The molecular formula is C24H20N6. The van der Waals surface area contributed by atoms with Crippen LogP contribution in [0.1, 0.15) is 16.8 Å². The van der Waals surface area contributed by atoms with Crippen LogP contribution in [0.2, 0.25) is 0 Å². The van der Waals surface area contributed by atoms with Gasteiger partial charge < -0.3 is 5.73 Å². The molecule has 0 spiro atoms. The van der Waals surface area contributed by atoms with E-state index in [1.165, 1.54) is 0 Å². The Kier molecular flexibility index (Phi) is 4.44. The number of nitrogens with one attached hydrogen (secondary N) is 1. The van der Waals surface area contributed by atoms with E-state index in [0.29, 0.717) is 12.2 Å². The number of hydrogen-bond acceptors (Lipinski definition) is 5. The van der Waals surface area contributed by atoms with Crippen LogP contribution >= 0.6 is 0 Å². The van der Waals surface area contributed by atoms with Crippen molar-refractivity contribution in [3.05, 3.63) is 89.6 Å². The number of pyridine rings is 1. The highest BCUT2D eigenvalue weighted by molar-refractivity contribution is 5.88. The fraction of sp³-hybridized carbons (Fsp3) is 0.0833. The van der Waals surface area contributed by atoms with Crippen molar-refractivity contribution < 1.29 is 0 Å². The minimum absolute atomic E-state index is 0.638. The van der Waals surface area contributed by atoms with E-state index >= 15 is 0 Å². The number of aryl methyl sites for hydroxylation is 1. The normalized spacial score (nSPS) is 11.1. The Morgan fingerprint density at radius 1 is 0.900 bits per heavy atom. The molecule has 6 heteroatoms. The third kappa shape index (κ3) is 3.18. The van der Waals surface area contributed by atoms with Crippen molar-refractivity contribution in [2.75, 3.05) is 5.73 Å². The zero-order valence-electron chi connectivity index (χ0n) is 16.5. The van der Waals surface area contributed by atoms with Gasteiger partial charge in [0.25, 0.3) is 0 Å². The fourth-order valence-corrected chi connectivity index (χ4v) is 3.87. The number of tetrazole rings is 1. The molecule has 0 amide bonds. The van der Waals surface area contributed by atoms with Crippen LogP contribution in [0.25, 0.3) is 33.4 Å². The smallest absolute Gasteiger partial charge is 0.180 e. The second-order valence-corrected chi connectivity index (χ2v) is 7.28. The lowest BCUT2D eigenvalue weighted by molar-refractivity contribution is 0.881. The highest BCUT2D eigenvalue weighted by Crippen LogP contribution is 2.33. The van der Waals surface area contributed by atoms with Crippen molar-refractivity contribution in [2.24, 2.45) is 0 Å². The molecule has 0 atom stereocenters. The van der Waals surface area contributed by atoms with Crippen molar-refractivity contribution in [1.29, 1.82) is 0 Å². The number of fused-ring (bicyclic) bond motifs is 1. The SMILES string of the molecule is Cc1nc2ccccc2c(Cc2ccc(-c3ccccc3)c(-c3nnn[nH]3)c2)c1N. The molecule has 5 rings (SSSR count). The summed E-state index contributed by atoms with van der Waals surface area (Å²) >= 11 is 0. The van der Waals surface area contributed by atoms with E-state index in [4.69, 9.17) is 5.73 Å². The van der Waals surface area contributed by atoms with Crippen LogP contribution in [-0.4, -0.2) is 25.6 Å². The lowest BCUT2D eigenvalue weighted by Crippen LogP contribution is -2.03. The summed E-state index contributed by atoms with van der Waals surface area (Å²) in [4.78, 5) is 4.63. The maximum Gasteiger partial charge on any atom is 0.180 e. The molecule has 0 aliphatic rings. The number of aromatic nitrogens is 5. The van der Waals surface area contributed by atoms with Crippen molar-refractivity contribution in [3.8, 4) is 22.5 Å². The van der Waals surface area contributed by atoms with E-state index in [1.807, 2.05) is 43.3 Å². The molecule has 2 aromatic heterocycles. The molecule has 0 aliphatic heterocycles.